The Labute approximate surface area is 162 Å². The number of hydrogen-bond donors (Lipinski definition) is 5. The molecular formula is C18H30N4O6. The van der Waals surface area contributed by atoms with Gasteiger partial charge in [-0.05, 0) is 40.5 Å². The Morgan fingerprint density at radius 1 is 1.25 bits per heavy atom. The molecule has 0 spiro atoms. The zero-order chi connectivity index (χ0) is 20.9. The van der Waals surface area contributed by atoms with Gasteiger partial charge in [0.2, 0.25) is 0 Å². The van der Waals surface area contributed by atoms with Crippen LogP contribution >= 0.6 is 0 Å². The van der Waals surface area contributed by atoms with Crippen LogP contribution in [0.1, 0.15) is 53.2 Å². The molecule has 1 aromatic rings. The number of anilines is 1. The van der Waals surface area contributed by atoms with Gasteiger partial charge in [-0.3, -0.25) is 14.3 Å². The maximum absolute atomic E-state index is 12.3. The average molecular weight is 398 g/mol. The summed E-state index contributed by atoms with van der Waals surface area (Å²) < 4.78 is 6.75. The lowest BCUT2D eigenvalue weighted by Gasteiger charge is -2.51. The number of aliphatic hydroxyl groups is 2. The molecule has 3 heterocycles. The van der Waals surface area contributed by atoms with E-state index in [0.717, 1.165) is 0 Å². The number of ether oxygens (including phenoxy) is 1. The predicted octanol–water partition coefficient (Wildman–Crippen LogP) is 0.00000000000000183. The van der Waals surface area contributed by atoms with Gasteiger partial charge in [0.25, 0.3) is 5.56 Å². The summed E-state index contributed by atoms with van der Waals surface area (Å²) in [7, 11) is 0. The van der Waals surface area contributed by atoms with Crippen molar-refractivity contribution in [1.29, 1.82) is 0 Å². The summed E-state index contributed by atoms with van der Waals surface area (Å²) in [4.78, 5) is 26.8. The van der Waals surface area contributed by atoms with Gasteiger partial charge in [-0.1, -0.05) is 0 Å². The molecule has 3 rings (SSSR count). The van der Waals surface area contributed by atoms with Crippen molar-refractivity contribution in [3.05, 3.63) is 27.0 Å². The van der Waals surface area contributed by atoms with Gasteiger partial charge in [0, 0.05) is 29.7 Å². The molecule has 2 aliphatic rings. The smallest absolute Gasteiger partial charge is 0.330 e. The zero-order valence-corrected chi connectivity index (χ0v) is 16.7. The number of piperidine rings is 1. The van der Waals surface area contributed by atoms with Crippen LogP contribution in [0.3, 0.4) is 0 Å². The van der Waals surface area contributed by atoms with Crippen LogP contribution in [0.2, 0.25) is 0 Å². The number of nitrogens with zero attached hydrogens (tertiary/aromatic N) is 2. The highest BCUT2D eigenvalue weighted by atomic mass is 16.5. The standard InChI is InChI=1S/C18H30N4O6/c1-17(2)6-10(7-18(3,4)22(17)27)19-11-8-21(16(26)20-15(11)25)14-5-12(24)13(9-23)28-14/h8,10,12-14,19,23-24,27H,5-7,9H2,1-4H3,(H,20,25,26)/t12-,13+,14-/m0/s1. The molecule has 0 radical (unpaired) electrons. The summed E-state index contributed by atoms with van der Waals surface area (Å²) in [5, 5.41) is 34.1. The fourth-order valence-electron chi connectivity index (χ4n) is 4.44. The molecule has 3 atom stereocenters. The molecule has 0 amide bonds. The monoisotopic (exact) mass is 398 g/mol. The van der Waals surface area contributed by atoms with E-state index < -0.39 is 40.8 Å². The summed E-state index contributed by atoms with van der Waals surface area (Å²) in [5.74, 6) is 0. The molecule has 5 N–H and O–H groups in total. The zero-order valence-electron chi connectivity index (χ0n) is 16.7. The van der Waals surface area contributed by atoms with Crippen molar-refractivity contribution in [2.45, 2.75) is 82.5 Å². The first-order valence-electron chi connectivity index (χ1n) is 9.50. The lowest BCUT2D eigenvalue weighted by atomic mass is 9.79. The van der Waals surface area contributed by atoms with Crippen molar-refractivity contribution in [3.63, 3.8) is 0 Å². The van der Waals surface area contributed by atoms with Gasteiger partial charge in [-0.2, -0.15) is 5.06 Å². The van der Waals surface area contributed by atoms with Crippen LogP contribution < -0.4 is 16.6 Å². The number of nitrogens with one attached hydrogen (secondary N) is 2. The molecule has 28 heavy (non-hydrogen) atoms. The molecule has 2 aliphatic heterocycles. The van der Waals surface area contributed by atoms with Crippen LogP contribution in [0.4, 0.5) is 5.69 Å². The lowest BCUT2D eigenvalue weighted by Crippen LogP contribution is -2.61. The van der Waals surface area contributed by atoms with Crippen LogP contribution in [0.15, 0.2) is 15.8 Å². The van der Waals surface area contributed by atoms with Gasteiger partial charge in [0.15, 0.2) is 0 Å². The van der Waals surface area contributed by atoms with Crippen molar-refractivity contribution in [1.82, 2.24) is 14.6 Å². The number of H-pyrrole nitrogens is 1. The van der Waals surface area contributed by atoms with Crippen molar-refractivity contribution in [3.8, 4) is 0 Å². The van der Waals surface area contributed by atoms with Crippen molar-refractivity contribution in [2.75, 3.05) is 11.9 Å². The van der Waals surface area contributed by atoms with E-state index in [2.05, 4.69) is 10.3 Å². The Balaban J connectivity index is 1.86. The third kappa shape index (κ3) is 3.87. The van der Waals surface area contributed by atoms with E-state index in [0.29, 0.717) is 12.8 Å². The number of hydrogen-bond acceptors (Lipinski definition) is 8. The molecule has 0 aliphatic carbocycles. The van der Waals surface area contributed by atoms with E-state index in [1.54, 1.807) is 0 Å². The summed E-state index contributed by atoms with van der Waals surface area (Å²) in [6, 6.07) is -0.0965. The van der Waals surface area contributed by atoms with Crippen LogP contribution in [-0.2, 0) is 4.74 Å². The van der Waals surface area contributed by atoms with Gasteiger partial charge in [0.1, 0.15) is 18.0 Å². The minimum absolute atomic E-state index is 0.0965. The van der Waals surface area contributed by atoms with E-state index in [4.69, 9.17) is 4.74 Å². The van der Waals surface area contributed by atoms with E-state index in [-0.39, 0.29) is 24.8 Å². The Morgan fingerprint density at radius 2 is 1.86 bits per heavy atom. The van der Waals surface area contributed by atoms with Gasteiger partial charge < -0.3 is 25.5 Å². The van der Waals surface area contributed by atoms with Crippen LogP contribution in [-0.4, -0.2) is 66.0 Å². The highest BCUT2D eigenvalue weighted by Crippen LogP contribution is 2.37. The predicted molar refractivity (Wildman–Crippen MR) is 101 cm³/mol. The molecule has 0 unspecified atom stereocenters. The molecule has 158 valence electrons. The molecule has 0 bridgehead atoms. The minimum Gasteiger partial charge on any atom is -0.394 e. The molecule has 10 heteroatoms. The highest BCUT2D eigenvalue weighted by Gasteiger charge is 2.45. The van der Waals surface area contributed by atoms with E-state index in [1.807, 2.05) is 27.7 Å². The summed E-state index contributed by atoms with van der Waals surface area (Å²) >= 11 is 0. The van der Waals surface area contributed by atoms with E-state index in [1.165, 1.54) is 15.8 Å². The fraction of sp³-hybridized carbons (Fsp3) is 0.778. The maximum Gasteiger partial charge on any atom is 0.330 e. The minimum atomic E-state index is -0.888. The average Bonchev–Trinajstić information content (AvgIpc) is 2.95. The van der Waals surface area contributed by atoms with Crippen molar-refractivity contribution in [2.24, 2.45) is 0 Å². The number of rotatable bonds is 4. The first-order chi connectivity index (χ1) is 12.9. The second-order valence-corrected chi connectivity index (χ2v) is 9.01. The molecule has 10 nitrogen and oxygen atoms in total. The summed E-state index contributed by atoms with van der Waals surface area (Å²) in [5.41, 5.74) is -1.95. The number of aromatic amines is 1. The number of aromatic nitrogens is 2. The Morgan fingerprint density at radius 3 is 2.39 bits per heavy atom. The summed E-state index contributed by atoms with van der Waals surface area (Å²) in [6.45, 7) is 7.35. The molecule has 2 fully saturated rings. The Kier molecular flexibility index (Phi) is 5.45. The van der Waals surface area contributed by atoms with Gasteiger partial charge in [-0.25, -0.2) is 4.79 Å². The maximum atomic E-state index is 12.3. The largest absolute Gasteiger partial charge is 0.394 e. The third-order valence-corrected chi connectivity index (χ3v) is 5.66. The van der Waals surface area contributed by atoms with E-state index >= 15 is 0 Å². The van der Waals surface area contributed by atoms with Gasteiger partial charge in [-0.15, -0.1) is 0 Å². The van der Waals surface area contributed by atoms with Gasteiger partial charge >= 0.3 is 5.69 Å². The molecule has 0 saturated carbocycles. The number of aliphatic hydroxyl groups excluding tert-OH is 2. The Hall–Kier alpha value is -1.72. The first kappa shape index (κ1) is 21.0. The quantitative estimate of drug-likeness (QED) is 0.477. The Bertz CT molecular complexity index is 814. The molecule has 2 saturated heterocycles. The SMILES string of the molecule is CC1(C)CC(Nc2cn([C@@H]3C[C@H](O)[C@@H](CO)O3)c(=O)[nH]c2=O)CC(C)(C)N1O. The normalized spacial score (nSPS) is 30.5. The lowest BCUT2D eigenvalue weighted by molar-refractivity contribution is -0.243. The fourth-order valence-corrected chi connectivity index (χ4v) is 4.44. The van der Waals surface area contributed by atoms with Crippen molar-refractivity contribution < 1.29 is 20.2 Å². The second-order valence-electron chi connectivity index (χ2n) is 9.01. The number of hydroxylamine groups is 2. The van der Waals surface area contributed by atoms with Crippen molar-refractivity contribution >= 4 is 5.69 Å². The van der Waals surface area contributed by atoms with E-state index in [9.17, 15) is 25.0 Å². The topological polar surface area (TPSA) is 140 Å². The second kappa shape index (κ2) is 7.27. The molecular weight excluding hydrogens is 368 g/mol. The third-order valence-electron chi connectivity index (χ3n) is 5.66. The van der Waals surface area contributed by atoms with Crippen LogP contribution in [0, 0.1) is 0 Å². The van der Waals surface area contributed by atoms with Crippen LogP contribution in [0.25, 0.3) is 0 Å². The van der Waals surface area contributed by atoms with Crippen LogP contribution in [0.5, 0.6) is 0 Å². The molecule has 1 aromatic heterocycles. The van der Waals surface area contributed by atoms with Gasteiger partial charge in [0.05, 0.1) is 12.7 Å². The summed E-state index contributed by atoms with van der Waals surface area (Å²) in [6.07, 6.45) is 0.289. The highest BCUT2D eigenvalue weighted by molar-refractivity contribution is 5.39. The first-order valence-corrected chi connectivity index (χ1v) is 9.50. The molecule has 0 aromatic carbocycles.